The number of aromatic nitrogens is 4. The van der Waals surface area contributed by atoms with Crippen molar-refractivity contribution in [1.82, 2.24) is 24.6 Å². The summed E-state index contributed by atoms with van der Waals surface area (Å²) in [7, 11) is -2.80. The Balaban J connectivity index is 1.14. The number of nitrogens with zero attached hydrogens (tertiary/aromatic N) is 5. The van der Waals surface area contributed by atoms with Crippen molar-refractivity contribution in [3.63, 3.8) is 0 Å². The molecule has 7 nitrogen and oxygen atoms in total. The zero-order valence-corrected chi connectivity index (χ0v) is 20.7. The van der Waals surface area contributed by atoms with Crippen molar-refractivity contribution in [1.29, 1.82) is 0 Å². The number of piperidine rings is 1. The molecule has 0 amide bonds. The van der Waals surface area contributed by atoms with Crippen molar-refractivity contribution in [2.75, 3.05) is 24.6 Å². The predicted octanol–water partition coefficient (Wildman–Crippen LogP) is 3.94. The molecule has 0 N–H and O–H groups in total. The third kappa shape index (κ3) is 4.08. The van der Waals surface area contributed by atoms with Crippen LogP contribution in [0.2, 0.25) is 0 Å². The van der Waals surface area contributed by atoms with E-state index in [0.29, 0.717) is 41.0 Å². The zero-order chi connectivity index (χ0) is 24.8. The summed E-state index contributed by atoms with van der Waals surface area (Å²) in [6.07, 6.45) is 0.726. The molecule has 2 saturated carbocycles. The number of hydrogen-bond donors (Lipinski definition) is 0. The fraction of sp³-hybridized carbons (Fsp3) is 0.708. The van der Waals surface area contributed by atoms with Crippen molar-refractivity contribution in [2.45, 2.75) is 63.7 Å². The highest BCUT2D eigenvalue weighted by atomic mass is 32.2. The normalized spacial score (nSPS) is 31.5. The molecule has 2 aliphatic heterocycles. The maximum Gasteiger partial charge on any atom is 0.451 e. The smallest absolute Gasteiger partial charge is 0.300 e. The number of fused-ring (bicyclic) bond motifs is 1. The monoisotopic (exact) mass is 509 g/mol. The van der Waals surface area contributed by atoms with Gasteiger partial charge in [-0.15, -0.1) is 0 Å². The molecule has 1 spiro atoms. The highest BCUT2D eigenvalue weighted by molar-refractivity contribution is 7.92. The average Bonchev–Trinajstić information content (AvgIpc) is 3.13. The minimum Gasteiger partial charge on any atom is -0.300 e. The van der Waals surface area contributed by atoms with Gasteiger partial charge in [-0.2, -0.15) is 18.3 Å². The van der Waals surface area contributed by atoms with Crippen LogP contribution in [0, 0.1) is 17.3 Å². The van der Waals surface area contributed by atoms with Crippen molar-refractivity contribution < 1.29 is 21.6 Å². The molecule has 190 valence electrons. The third-order valence-electron chi connectivity index (χ3n) is 8.61. The molecule has 6 rings (SSSR count). The Morgan fingerprint density at radius 3 is 2.31 bits per heavy atom. The molecule has 4 heterocycles. The van der Waals surface area contributed by atoms with Gasteiger partial charge in [-0.05, 0) is 76.6 Å². The standard InChI is InChI=1S/C24H30F3N5O2S/c1-14(2)32-20(11-19(30-32)18-3-6-28-22(29-18)24(25,26)27)21-16-9-15(10-17(16)21)31-7-4-23(5-8-31)12-35(33,34)13-23/h3,6,11,14-17,21H,4-5,7-10,12-13H2,1-2H3/t15?,16-,17+,21?. The summed E-state index contributed by atoms with van der Waals surface area (Å²) >= 11 is 0. The van der Waals surface area contributed by atoms with Gasteiger partial charge in [0.05, 0.1) is 17.2 Å². The summed E-state index contributed by atoms with van der Waals surface area (Å²) in [6, 6.07) is 4.03. The number of hydrogen-bond acceptors (Lipinski definition) is 6. The fourth-order valence-electron chi connectivity index (χ4n) is 6.93. The van der Waals surface area contributed by atoms with E-state index >= 15 is 0 Å². The Labute approximate surface area is 203 Å². The second kappa shape index (κ2) is 7.74. The Kier molecular flexibility index (Phi) is 5.18. The van der Waals surface area contributed by atoms with E-state index in [1.807, 2.05) is 24.6 Å². The van der Waals surface area contributed by atoms with Crippen molar-refractivity contribution in [3.05, 3.63) is 29.8 Å². The van der Waals surface area contributed by atoms with Gasteiger partial charge in [0.1, 0.15) is 5.69 Å². The lowest BCUT2D eigenvalue weighted by atomic mass is 9.80. The molecule has 35 heavy (non-hydrogen) atoms. The maximum atomic E-state index is 13.1. The molecule has 0 radical (unpaired) electrons. The van der Waals surface area contributed by atoms with Gasteiger partial charge in [0.2, 0.25) is 5.82 Å². The van der Waals surface area contributed by atoms with Crippen LogP contribution in [0.3, 0.4) is 0 Å². The van der Waals surface area contributed by atoms with Gasteiger partial charge in [0.25, 0.3) is 0 Å². The van der Waals surface area contributed by atoms with Crippen LogP contribution in [0.5, 0.6) is 0 Å². The molecule has 2 unspecified atom stereocenters. The maximum absolute atomic E-state index is 13.1. The fourth-order valence-corrected chi connectivity index (χ4v) is 9.29. The second-order valence-corrected chi connectivity index (χ2v) is 13.4. The molecule has 4 atom stereocenters. The minimum atomic E-state index is -4.59. The number of rotatable bonds is 4. The van der Waals surface area contributed by atoms with Crippen molar-refractivity contribution >= 4 is 9.84 Å². The molecule has 4 aliphatic rings. The molecule has 0 bridgehead atoms. The Morgan fingerprint density at radius 2 is 1.74 bits per heavy atom. The number of halogens is 3. The lowest BCUT2D eigenvalue weighted by molar-refractivity contribution is -0.144. The third-order valence-corrected chi connectivity index (χ3v) is 10.7. The van der Waals surface area contributed by atoms with Crippen molar-refractivity contribution in [3.8, 4) is 11.4 Å². The van der Waals surface area contributed by atoms with Gasteiger partial charge in [-0.3, -0.25) is 4.68 Å². The molecular weight excluding hydrogens is 479 g/mol. The van der Waals surface area contributed by atoms with E-state index in [0.717, 1.165) is 50.7 Å². The van der Waals surface area contributed by atoms with Crippen LogP contribution >= 0.6 is 0 Å². The van der Waals surface area contributed by atoms with E-state index in [1.54, 1.807) is 0 Å². The molecule has 2 aromatic rings. The van der Waals surface area contributed by atoms with Crippen molar-refractivity contribution in [2.24, 2.45) is 17.3 Å². The van der Waals surface area contributed by atoms with E-state index < -0.39 is 21.8 Å². The summed E-state index contributed by atoms with van der Waals surface area (Å²) in [5.41, 5.74) is 1.77. The molecule has 11 heteroatoms. The first kappa shape index (κ1) is 23.4. The van der Waals surface area contributed by atoms with E-state index in [1.165, 1.54) is 6.07 Å². The first-order valence-electron chi connectivity index (χ1n) is 12.4. The van der Waals surface area contributed by atoms with Crippen LogP contribution in [0.1, 0.15) is 63.0 Å². The highest BCUT2D eigenvalue weighted by Gasteiger charge is 2.59. The summed E-state index contributed by atoms with van der Waals surface area (Å²) < 4.78 is 64.6. The van der Waals surface area contributed by atoms with E-state index in [2.05, 4.69) is 20.0 Å². The summed E-state index contributed by atoms with van der Waals surface area (Å²) in [6.45, 7) is 6.03. The van der Waals surface area contributed by atoms with Gasteiger partial charge >= 0.3 is 6.18 Å². The SMILES string of the molecule is CC(C)n1nc(-c2ccnc(C(F)(F)F)n2)cc1C1[C@H]2CC(N3CCC4(CC3)CS(=O)(=O)C4)C[C@@H]12. The van der Waals surface area contributed by atoms with Crippen LogP contribution in [-0.2, 0) is 16.0 Å². The van der Waals surface area contributed by atoms with Gasteiger partial charge in [0.15, 0.2) is 9.84 Å². The highest BCUT2D eigenvalue weighted by Crippen LogP contribution is 2.64. The summed E-state index contributed by atoms with van der Waals surface area (Å²) in [4.78, 5) is 9.66. The first-order valence-corrected chi connectivity index (χ1v) is 14.2. The molecule has 2 aromatic heterocycles. The van der Waals surface area contributed by atoms with Gasteiger partial charge in [-0.1, -0.05) is 0 Å². The van der Waals surface area contributed by atoms with Crippen LogP contribution < -0.4 is 0 Å². The molecular formula is C24H30F3N5O2S. The quantitative estimate of drug-likeness (QED) is 0.621. The molecule has 4 fully saturated rings. The topological polar surface area (TPSA) is 81.0 Å². The number of alkyl halides is 3. The first-order chi connectivity index (χ1) is 16.4. The largest absolute Gasteiger partial charge is 0.451 e. The number of likely N-dealkylation sites (tertiary alicyclic amines) is 1. The van der Waals surface area contributed by atoms with Gasteiger partial charge in [-0.25, -0.2) is 18.4 Å². The zero-order valence-electron chi connectivity index (χ0n) is 19.9. The molecule has 2 aliphatic carbocycles. The Morgan fingerprint density at radius 1 is 1.09 bits per heavy atom. The number of sulfone groups is 1. The molecule has 2 saturated heterocycles. The van der Waals surface area contributed by atoms with Crippen LogP contribution in [0.15, 0.2) is 18.3 Å². The lowest BCUT2D eigenvalue weighted by Crippen LogP contribution is -2.55. The van der Waals surface area contributed by atoms with Gasteiger partial charge < -0.3 is 4.90 Å². The van der Waals surface area contributed by atoms with Crippen LogP contribution in [-0.4, -0.2) is 63.7 Å². The average molecular weight is 510 g/mol. The summed E-state index contributed by atoms with van der Waals surface area (Å²) in [5, 5.41) is 4.64. The van der Waals surface area contributed by atoms with Crippen LogP contribution in [0.4, 0.5) is 13.2 Å². The Bertz CT molecular complexity index is 1220. The van der Waals surface area contributed by atoms with E-state index in [4.69, 9.17) is 0 Å². The van der Waals surface area contributed by atoms with Crippen LogP contribution in [0.25, 0.3) is 11.4 Å². The second-order valence-electron chi connectivity index (χ2n) is 11.3. The summed E-state index contributed by atoms with van der Waals surface area (Å²) in [5.74, 6) is 1.10. The minimum absolute atomic E-state index is 0.0343. The van der Waals surface area contributed by atoms with E-state index in [9.17, 15) is 21.6 Å². The van der Waals surface area contributed by atoms with E-state index in [-0.39, 0.29) is 17.2 Å². The lowest BCUT2D eigenvalue weighted by Gasteiger charge is -2.48. The molecule has 0 aromatic carbocycles. The van der Waals surface area contributed by atoms with Gasteiger partial charge in [0, 0.05) is 35.3 Å². The Hall–Kier alpha value is -2.01. The predicted molar refractivity (Wildman–Crippen MR) is 123 cm³/mol.